The minimum atomic E-state index is -4.52. The van der Waals surface area contributed by atoms with Crippen molar-refractivity contribution >= 4 is 27.3 Å². The zero-order chi connectivity index (χ0) is 15.0. The highest BCUT2D eigenvalue weighted by Crippen LogP contribution is 2.20. The number of hydrogen-bond acceptors (Lipinski definition) is 5. The molecule has 0 spiro atoms. The van der Waals surface area contributed by atoms with Gasteiger partial charge in [-0.2, -0.15) is 20.5 Å². The van der Waals surface area contributed by atoms with Crippen molar-refractivity contribution in [2.75, 3.05) is 30.0 Å². The van der Waals surface area contributed by atoms with E-state index in [1.165, 1.54) is 24.3 Å². The van der Waals surface area contributed by atoms with Crippen LogP contribution in [0.4, 0.5) is 14.5 Å². The van der Waals surface area contributed by atoms with Crippen molar-refractivity contribution < 1.29 is 22.3 Å². The Bertz CT molecular complexity index is 492. The van der Waals surface area contributed by atoms with Gasteiger partial charge in [0.15, 0.2) is 0 Å². The molecular formula is C12H17F2NO3S2. The molecule has 0 aromatic heterocycles. The first-order chi connectivity index (χ1) is 9.48. The van der Waals surface area contributed by atoms with Crippen molar-refractivity contribution in [3.05, 3.63) is 24.3 Å². The maximum atomic E-state index is 12.3. The van der Waals surface area contributed by atoms with Crippen LogP contribution >= 0.6 is 11.8 Å². The molecule has 20 heavy (non-hydrogen) atoms. The molecule has 8 heteroatoms. The number of hydrogen-bond donors (Lipinski definition) is 2. The Balaban J connectivity index is 2.44. The number of aliphatic hydroxyl groups is 1. The molecule has 1 aromatic carbocycles. The van der Waals surface area contributed by atoms with E-state index in [0.717, 1.165) is 17.9 Å². The lowest BCUT2D eigenvalue weighted by Gasteiger charge is -2.07. The molecular weight excluding hydrogens is 308 g/mol. The third-order valence-corrected chi connectivity index (χ3v) is 4.91. The number of nitrogens with one attached hydrogen (secondary N) is 1. The van der Waals surface area contributed by atoms with Crippen LogP contribution in [0.15, 0.2) is 29.2 Å². The summed E-state index contributed by atoms with van der Waals surface area (Å²) in [6.07, 6.45) is 0.755. The molecule has 0 bridgehead atoms. The van der Waals surface area contributed by atoms with Gasteiger partial charge in [0.2, 0.25) is 9.84 Å². The van der Waals surface area contributed by atoms with E-state index in [0.29, 0.717) is 12.2 Å². The number of alkyl halides is 2. The summed E-state index contributed by atoms with van der Waals surface area (Å²) in [6.45, 7) is 0.859. The average molecular weight is 325 g/mol. The van der Waals surface area contributed by atoms with Crippen LogP contribution in [0.5, 0.6) is 0 Å². The Morgan fingerprint density at radius 2 is 1.85 bits per heavy atom. The van der Waals surface area contributed by atoms with E-state index < -0.39 is 15.6 Å². The first-order valence-corrected chi connectivity index (χ1v) is 8.73. The summed E-state index contributed by atoms with van der Waals surface area (Å²) in [4.78, 5) is -0.379. The Labute approximate surface area is 121 Å². The fraction of sp³-hybridized carbons (Fsp3) is 0.500. The van der Waals surface area contributed by atoms with Crippen molar-refractivity contribution in [3.8, 4) is 0 Å². The third-order valence-electron chi connectivity index (χ3n) is 2.44. The first kappa shape index (κ1) is 17.2. The average Bonchev–Trinajstić information content (AvgIpc) is 2.43. The molecule has 0 aliphatic carbocycles. The number of anilines is 1. The second-order valence-corrected chi connectivity index (χ2v) is 7.09. The zero-order valence-electron chi connectivity index (χ0n) is 10.8. The largest absolute Gasteiger partial charge is 0.396 e. The topological polar surface area (TPSA) is 66.4 Å². The van der Waals surface area contributed by atoms with Gasteiger partial charge in [-0.15, -0.1) is 0 Å². The van der Waals surface area contributed by atoms with E-state index in [2.05, 4.69) is 5.32 Å². The van der Waals surface area contributed by atoms with E-state index in [-0.39, 0.29) is 11.5 Å². The van der Waals surface area contributed by atoms with Crippen molar-refractivity contribution in [2.24, 2.45) is 0 Å². The van der Waals surface area contributed by atoms with Gasteiger partial charge >= 0.3 is 5.76 Å². The van der Waals surface area contributed by atoms with Gasteiger partial charge < -0.3 is 10.4 Å². The molecule has 0 aliphatic heterocycles. The zero-order valence-corrected chi connectivity index (χ0v) is 12.4. The second-order valence-electron chi connectivity index (χ2n) is 3.95. The summed E-state index contributed by atoms with van der Waals surface area (Å²) in [5.74, 6) is -1.68. The fourth-order valence-electron chi connectivity index (χ4n) is 1.40. The predicted molar refractivity (Wildman–Crippen MR) is 77.1 cm³/mol. The number of aliphatic hydroxyl groups excluding tert-OH is 1. The van der Waals surface area contributed by atoms with Gasteiger partial charge in [-0.1, -0.05) is 0 Å². The lowest BCUT2D eigenvalue weighted by Crippen LogP contribution is -2.11. The molecule has 0 fully saturated rings. The van der Waals surface area contributed by atoms with Crippen molar-refractivity contribution in [1.82, 2.24) is 0 Å². The Hall–Kier alpha value is -0.860. The fourth-order valence-corrected chi connectivity index (χ4v) is 2.91. The van der Waals surface area contributed by atoms with E-state index in [9.17, 15) is 17.2 Å². The summed E-state index contributed by atoms with van der Waals surface area (Å²) in [5.41, 5.74) is 0.681. The minimum absolute atomic E-state index is 0.181. The van der Waals surface area contributed by atoms with Gasteiger partial charge in [-0.05, 0) is 36.4 Å². The van der Waals surface area contributed by atoms with Crippen LogP contribution in [0.1, 0.15) is 6.42 Å². The van der Waals surface area contributed by atoms with E-state index in [4.69, 9.17) is 5.11 Å². The lowest BCUT2D eigenvalue weighted by molar-refractivity contribution is 0.234. The summed E-state index contributed by atoms with van der Waals surface area (Å²) in [7, 11) is -4.52. The highest BCUT2D eigenvalue weighted by atomic mass is 32.2. The van der Waals surface area contributed by atoms with Gasteiger partial charge in [0.1, 0.15) is 0 Å². The molecule has 1 aromatic rings. The second kappa shape index (κ2) is 8.43. The monoisotopic (exact) mass is 325 g/mol. The first-order valence-electron chi connectivity index (χ1n) is 6.03. The third kappa shape index (κ3) is 5.26. The summed E-state index contributed by atoms with van der Waals surface area (Å²) in [6, 6.07) is 5.27. The Morgan fingerprint density at radius 1 is 1.20 bits per heavy atom. The summed E-state index contributed by atoms with van der Waals surface area (Å²) >= 11 is 1.69. The summed E-state index contributed by atoms with van der Waals surface area (Å²) in [5, 5.41) is 11.7. The van der Waals surface area contributed by atoms with Crippen molar-refractivity contribution in [1.29, 1.82) is 0 Å². The predicted octanol–water partition coefficient (Wildman–Crippen LogP) is 2.21. The van der Waals surface area contributed by atoms with Crippen LogP contribution in [-0.4, -0.2) is 43.9 Å². The van der Waals surface area contributed by atoms with Crippen molar-refractivity contribution in [3.63, 3.8) is 0 Å². The quantitative estimate of drug-likeness (QED) is 0.682. The molecule has 0 heterocycles. The molecule has 114 valence electrons. The molecule has 2 N–H and O–H groups in total. The van der Waals surface area contributed by atoms with Gasteiger partial charge in [-0.25, -0.2) is 8.42 Å². The van der Waals surface area contributed by atoms with Gasteiger partial charge in [0.25, 0.3) is 0 Å². The summed E-state index contributed by atoms with van der Waals surface area (Å²) < 4.78 is 47.1. The number of thioether (sulfide) groups is 1. The van der Waals surface area contributed by atoms with Crippen LogP contribution in [0.3, 0.4) is 0 Å². The molecule has 0 radical (unpaired) electrons. The smallest absolute Gasteiger partial charge is 0.341 e. The van der Waals surface area contributed by atoms with Gasteiger partial charge in [-0.3, -0.25) is 0 Å². The van der Waals surface area contributed by atoms with Crippen LogP contribution in [0, 0.1) is 0 Å². The number of sulfone groups is 1. The standard InChI is InChI=1S/C12H17F2NO3S2/c13-12(14)20(17,18)11-4-2-10(3-5-11)15-6-9-19-8-1-7-16/h2-5,12,15-16H,1,6-9H2. The van der Waals surface area contributed by atoms with E-state index in [1.54, 1.807) is 11.8 Å². The minimum Gasteiger partial charge on any atom is -0.396 e. The SMILES string of the molecule is O=S(=O)(c1ccc(NCCSCCCO)cc1)C(F)F. The molecule has 1 rings (SSSR count). The molecule has 4 nitrogen and oxygen atoms in total. The molecule has 0 saturated heterocycles. The normalized spacial score (nSPS) is 11.8. The van der Waals surface area contributed by atoms with Crippen LogP contribution in [0.25, 0.3) is 0 Å². The van der Waals surface area contributed by atoms with E-state index >= 15 is 0 Å². The Kier molecular flexibility index (Phi) is 7.25. The molecule has 0 aliphatic rings. The van der Waals surface area contributed by atoms with Crippen LogP contribution < -0.4 is 5.32 Å². The Morgan fingerprint density at radius 3 is 2.40 bits per heavy atom. The van der Waals surface area contributed by atoms with Crippen molar-refractivity contribution in [2.45, 2.75) is 17.1 Å². The van der Waals surface area contributed by atoms with E-state index in [1.807, 2.05) is 0 Å². The highest BCUT2D eigenvalue weighted by molar-refractivity contribution is 7.99. The lowest BCUT2D eigenvalue weighted by atomic mass is 10.3. The highest BCUT2D eigenvalue weighted by Gasteiger charge is 2.26. The molecule has 0 unspecified atom stereocenters. The van der Waals surface area contributed by atoms with Gasteiger partial charge in [0, 0.05) is 24.6 Å². The molecule has 0 atom stereocenters. The molecule has 0 amide bonds. The number of benzene rings is 1. The maximum absolute atomic E-state index is 12.3. The van der Waals surface area contributed by atoms with Crippen LogP contribution in [-0.2, 0) is 9.84 Å². The molecule has 0 saturated carbocycles. The maximum Gasteiger partial charge on any atom is 0.341 e. The number of halogens is 2. The number of rotatable bonds is 9. The van der Waals surface area contributed by atoms with Crippen LogP contribution in [0.2, 0.25) is 0 Å². The van der Waals surface area contributed by atoms with Gasteiger partial charge in [0.05, 0.1) is 4.90 Å².